The van der Waals surface area contributed by atoms with Gasteiger partial charge in [0, 0.05) is 25.2 Å². The van der Waals surface area contributed by atoms with Gasteiger partial charge in [-0.3, -0.25) is 4.79 Å². The fourth-order valence-corrected chi connectivity index (χ4v) is 3.16. The average molecular weight is 255 g/mol. The topological polar surface area (TPSA) is 49.8 Å². The van der Waals surface area contributed by atoms with Gasteiger partial charge in [0.25, 0.3) is 0 Å². The molecule has 4 heteroatoms. The van der Waals surface area contributed by atoms with E-state index in [9.17, 15) is 9.90 Å². The first-order valence-electron chi connectivity index (χ1n) is 6.88. The molecule has 2 heterocycles. The maximum Gasteiger partial charge on any atom is 0.228 e. The van der Waals surface area contributed by atoms with E-state index in [-0.39, 0.29) is 29.4 Å². The van der Waals surface area contributed by atoms with Gasteiger partial charge < -0.3 is 14.7 Å². The number of nitrogens with zero attached hydrogens (tertiary/aromatic N) is 1. The van der Waals surface area contributed by atoms with Gasteiger partial charge in [-0.25, -0.2) is 0 Å². The van der Waals surface area contributed by atoms with Crippen molar-refractivity contribution in [2.24, 2.45) is 10.8 Å². The number of aliphatic hydroxyl groups excluding tert-OH is 1. The van der Waals surface area contributed by atoms with Crippen LogP contribution in [0, 0.1) is 10.8 Å². The van der Waals surface area contributed by atoms with Crippen molar-refractivity contribution in [3.05, 3.63) is 0 Å². The molecule has 1 unspecified atom stereocenters. The highest BCUT2D eigenvalue weighted by atomic mass is 16.5. The maximum atomic E-state index is 12.4. The Balaban J connectivity index is 2.13. The van der Waals surface area contributed by atoms with Crippen LogP contribution in [0.25, 0.3) is 0 Å². The van der Waals surface area contributed by atoms with Gasteiger partial charge in [0.05, 0.1) is 12.6 Å². The van der Waals surface area contributed by atoms with E-state index in [1.807, 2.05) is 25.7 Å². The Labute approximate surface area is 109 Å². The van der Waals surface area contributed by atoms with E-state index in [1.165, 1.54) is 0 Å². The summed E-state index contributed by atoms with van der Waals surface area (Å²) in [6.07, 6.45) is 2.95. The van der Waals surface area contributed by atoms with Crippen LogP contribution in [-0.4, -0.2) is 48.3 Å². The summed E-state index contributed by atoms with van der Waals surface area (Å²) in [5.74, 6) is 0.157. The minimum absolute atomic E-state index is 0.00479. The highest BCUT2D eigenvalue weighted by molar-refractivity contribution is 5.82. The SMILES string of the molecule is CC(C)(C)C(=O)N1CC2(CCOCC2)CC1CO. The van der Waals surface area contributed by atoms with Gasteiger partial charge >= 0.3 is 0 Å². The summed E-state index contributed by atoms with van der Waals surface area (Å²) in [6.45, 7) is 8.27. The third-order valence-corrected chi connectivity index (χ3v) is 4.28. The predicted octanol–water partition coefficient (Wildman–Crippen LogP) is 1.42. The van der Waals surface area contributed by atoms with Crippen LogP contribution in [0.2, 0.25) is 0 Å². The molecule has 1 atom stereocenters. The van der Waals surface area contributed by atoms with Gasteiger partial charge in [-0.15, -0.1) is 0 Å². The van der Waals surface area contributed by atoms with Crippen LogP contribution in [0.5, 0.6) is 0 Å². The molecule has 0 radical (unpaired) electrons. The second kappa shape index (κ2) is 4.82. The standard InChI is InChI=1S/C14H25NO3/c1-13(2,3)12(17)15-10-14(8-11(15)9-16)4-6-18-7-5-14/h11,16H,4-10H2,1-3H3. The maximum absolute atomic E-state index is 12.4. The smallest absolute Gasteiger partial charge is 0.228 e. The van der Waals surface area contributed by atoms with Crippen molar-refractivity contribution in [1.29, 1.82) is 0 Å². The third kappa shape index (κ3) is 2.54. The lowest BCUT2D eigenvalue weighted by Gasteiger charge is -2.34. The average Bonchev–Trinajstić information content (AvgIpc) is 2.66. The lowest BCUT2D eigenvalue weighted by molar-refractivity contribution is -0.141. The first-order chi connectivity index (χ1) is 8.38. The minimum Gasteiger partial charge on any atom is -0.394 e. The molecule has 0 bridgehead atoms. The van der Waals surface area contributed by atoms with Crippen LogP contribution in [0.1, 0.15) is 40.0 Å². The number of carbonyl (C=O) groups is 1. The van der Waals surface area contributed by atoms with E-state index >= 15 is 0 Å². The summed E-state index contributed by atoms with van der Waals surface area (Å²) in [6, 6.07) is -0.00479. The van der Waals surface area contributed by atoms with Crippen LogP contribution in [0.3, 0.4) is 0 Å². The van der Waals surface area contributed by atoms with Gasteiger partial charge in [0.15, 0.2) is 0 Å². The second-order valence-corrected chi connectivity index (χ2v) is 6.84. The van der Waals surface area contributed by atoms with Crippen molar-refractivity contribution in [1.82, 2.24) is 4.90 Å². The number of carbonyl (C=O) groups excluding carboxylic acids is 1. The summed E-state index contributed by atoms with van der Waals surface area (Å²) >= 11 is 0. The van der Waals surface area contributed by atoms with E-state index in [4.69, 9.17) is 4.74 Å². The molecular formula is C14H25NO3. The van der Waals surface area contributed by atoms with Crippen molar-refractivity contribution in [3.8, 4) is 0 Å². The number of amides is 1. The van der Waals surface area contributed by atoms with E-state index < -0.39 is 0 Å². The highest BCUT2D eigenvalue weighted by Crippen LogP contribution is 2.43. The van der Waals surface area contributed by atoms with Crippen molar-refractivity contribution in [2.45, 2.75) is 46.1 Å². The molecule has 0 saturated carbocycles. The number of hydrogen-bond donors (Lipinski definition) is 1. The molecule has 18 heavy (non-hydrogen) atoms. The molecule has 2 saturated heterocycles. The zero-order chi connectivity index (χ0) is 13.4. The number of rotatable bonds is 1. The molecule has 0 aromatic heterocycles. The third-order valence-electron chi connectivity index (χ3n) is 4.28. The fourth-order valence-electron chi connectivity index (χ4n) is 3.16. The Kier molecular flexibility index (Phi) is 3.70. The van der Waals surface area contributed by atoms with Crippen LogP contribution in [0.15, 0.2) is 0 Å². The lowest BCUT2D eigenvalue weighted by atomic mass is 9.78. The zero-order valence-corrected chi connectivity index (χ0v) is 11.7. The Morgan fingerprint density at radius 1 is 1.39 bits per heavy atom. The Bertz CT molecular complexity index is 315. The second-order valence-electron chi connectivity index (χ2n) is 6.84. The van der Waals surface area contributed by atoms with Gasteiger partial charge in [-0.05, 0) is 24.7 Å². The number of aliphatic hydroxyl groups is 1. The largest absolute Gasteiger partial charge is 0.394 e. The van der Waals surface area contributed by atoms with E-state index in [0.29, 0.717) is 0 Å². The lowest BCUT2D eigenvalue weighted by Crippen LogP contribution is -2.44. The zero-order valence-electron chi connectivity index (χ0n) is 11.7. The quantitative estimate of drug-likeness (QED) is 0.771. The van der Waals surface area contributed by atoms with Gasteiger partial charge in [-0.2, -0.15) is 0 Å². The summed E-state index contributed by atoms with van der Waals surface area (Å²) < 4.78 is 5.42. The van der Waals surface area contributed by atoms with E-state index in [0.717, 1.165) is 39.0 Å². The summed E-state index contributed by atoms with van der Waals surface area (Å²) in [5.41, 5.74) is -0.184. The van der Waals surface area contributed by atoms with Gasteiger partial charge in [0.2, 0.25) is 5.91 Å². The minimum atomic E-state index is -0.371. The molecule has 0 aromatic rings. The Morgan fingerprint density at radius 3 is 2.50 bits per heavy atom. The first-order valence-corrected chi connectivity index (χ1v) is 6.88. The van der Waals surface area contributed by atoms with Crippen LogP contribution in [0.4, 0.5) is 0 Å². The van der Waals surface area contributed by atoms with Crippen LogP contribution < -0.4 is 0 Å². The van der Waals surface area contributed by atoms with Crippen LogP contribution >= 0.6 is 0 Å². The van der Waals surface area contributed by atoms with E-state index in [1.54, 1.807) is 0 Å². The van der Waals surface area contributed by atoms with Crippen molar-refractivity contribution >= 4 is 5.91 Å². The molecule has 1 spiro atoms. The van der Waals surface area contributed by atoms with Crippen molar-refractivity contribution in [2.75, 3.05) is 26.4 Å². The summed E-state index contributed by atoms with van der Waals surface area (Å²) in [7, 11) is 0. The number of ether oxygens (including phenoxy) is 1. The van der Waals surface area contributed by atoms with Gasteiger partial charge in [0.1, 0.15) is 0 Å². The van der Waals surface area contributed by atoms with Crippen molar-refractivity contribution in [3.63, 3.8) is 0 Å². The molecule has 104 valence electrons. The molecule has 1 amide bonds. The molecule has 1 N–H and O–H groups in total. The van der Waals surface area contributed by atoms with E-state index in [2.05, 4.69) is 0 Å². The molecule has 2 aliphatic heterocycles. The Morgan fingerprint density at radius 2 is 2.00 bits per heavy atom. The number of likely N-dealkylation sites (tertiary alicyclic amines) is 1. The number of hydrogen-bond acceptors (Lipinski definition) is 3. The molecule has 4 nitrogen and oxygen atoms in total. The normalized spacial score (nSPS) is 27.8. The molecule has 2 aliphatic rings. The van der Waals surface area contributed by atoms with Crippen LogP contribution in [-0.2, 0) is 9.53 Å². The Hall–Kier alpha value is -0.610. The monoisotopic (exact) mass is 255 g/mol. The van der Waals surface area contributed by atoms with Gasteiger partial charge in [-0.1, -0.05) is 20.8 Å². The summed E-state index contributed by atoms with van der Waals surface area (Å²) in [4.78, 5) is 14.4. The first kappa shape index (κ1) is 13.8. The predicted molar refractivity (Wildman–Crippen MR) is 69.1 cm³/mol. The molecule has 0 aromatic carbocycles. The molecular weight excluding hydrogens is 230 g/mol. The molecule has 2 fully saturated rings. The molecule has 0 aliphatic carbocycles. The fraction of sp³-hybridized carbons (Fsp3) is 0.929. The molecule has 2 rings (SSSR count). The van der Waals surface area contributed by atoms with Crippen molar-refractivity contribution < 1.29 is 14.6 Å². The highest BCUT2D eigenvalue weighted by Gasteiger charge is 2.47. The summed E-state index contributed by atoms with van der Waals surface area (Å²) in [5, 5.41) is 9.54.